The van der Waals surface area contributed by atoms with Gasteiger partial charge in [-0.05, 0) is 40.9 Å². The van der Waals surface area contributed by atoms with Gasteiger partial charge in [-0.2, -0.15) is 0 Å². The number of nitrogens with zero attached hydrogens (tertiary/aromatic N) is 2. The first kappa shape index (κ1) is 13.7. The van der Waals surface area contributed by atoms with Gasteiger partial charge >= 0.3 is 0 Å². The Balaban J connectivity index is 1.97. The van der Waals surface area contributed by atoms with Crippen LogP contribution in [0.25, 0.3) is 0 Å². The number of amidine groups is 1. The quantitative estimate of drug-likeness (QED) is 0.676. The summed E-state index contributed by atoms with van der Waals surface area (Å²) in [5.74, 6) is 0.0178. The second-order valence-electron chi connectivity index (χ2n) is 6.69. The molecular formula is C12H22N3O3P. The first-order valence-electron chi connectivity index (χ1n) is 6.51. The number of hydrogen-bond acceptors (Lipinski definition) is 6. The second-order valence-corrected chi connectivity index (χ2v) is 10.8. The molecule has 0 unspecified atom stereocenters. The first-order valence-corrected chi connectivity index (χ1v) is 9.60. The number of hydrogen-bond donors (Lipinski definition) is 1. The van der Waals surface area contributed by atoms with Gasteiger partial charge in [-0.25, -0.2) is 0 Å². The molecule has 2 fully saturated rings. The molecule has 0 spiro atoms. The molecule has 0 aromatic heterocycles. The molecule has 3 rings (SSSR count). The highest BCUT2D eigenvalue weighted by molar-refractivity contribution is 7.64. The summed E-state index contributed by atoms with van der Waals surface area (Å²) in [4.78, 5) is 4.48. The van der Waals surface area contributed by atoms with Gasteiger partial charge in [-0.1, -0.05) is 0 Å². The lowest BCUT2D eigenvalue weighted by molar-refractivity contribution is -0.206. The van der Waals surface area contributed by atoms with Crippen molar-refractivity contribution in [2.75, 3.05) is 26.5 Å². The van der Waals surface area contributed by atoms with Gasteiger partial charge in [0.1, 0.15) is 23.6 Å². The van der Waals surface area contributed by atoms with Crippen molar-refractivity contribution >= 4 is 12.9 Å². The Morgan fingerprint density at radius 2 is 2.00 bits per heavy atom. The van der Waals surface area contributed by atoms with Crippen LogP contribution in [0.2, 0.25) is 0 Å². The zero-order valence-corrected chi connectivity index (χ0v) is 13.0. The van der Waals surface area contributed by atoms with Crippen LogP contribution in [0.5, 0.6) is 0 Å². The molecule has 0 aliphatic carbocycles. The highest BCUT2D eigenvalue weighted by Crippen LogP contribution is 2.47. The lowest BCUT2D eigenvalue weighted by Crippen LogP contribution is -2.59. The van der Waals surface area contributed by atoms with Gasteiger partial charge in [0.25, 0.3) is 0 Å². The average molecular weight is 287 g/mol. The van der Waals surface area contributed by atoms with Crippen LogP contribution in [0.4, 0.5) is 0 Å². The highest BCUT2D eigenvalue weighted by atomic mass is 31.2. The standard InChI is InChI=1S/C12H22N3O3P/c1-11(2)17-8-9(18-11)16-7-6-14-10(12(7,8)13)15-19(3,4)5/h7-9H,6,13H2,1-5H3/t7-,8+,9-,12-/m1/s1. The maximum atomic E-state index is 6.59. The molecule has 0 bridgehead atoms. The summed E-state index contributed by atoms with van der Waals surface area (Å²) in [6, 6.07) is 0. The molecule has 7 heteroatoms. The number of fused-ring (bicyclic) bond motifs is 3. The third-order valence-electron chi connectivity index (χ3n) is 3.55. The summed E-state index contributed by atoms with van der Waals surface area (Å²) in [5.41, 5.74) is 5.81. The topological polar surface area (TPSA) is 78.4 Å². The van der Waals surface area contributed by atoms with E-state index >= 15 is 0 Å². The molecule has 3 heterocycles. The van der Waals surface area contributed by atoms with Gasteiger partial charge in [-0.3, -0.25) is 9.74 Å². The SMILES string of the molecule is CC1(C)O[C@H]2O[C@@H]3CN=C(N=P(C)(C)C)[C@]3(N)[C@H]2O1. The minimum absolute atomic E-state index is 0.191. The van der Waals surface area contributed by atoms with Crippen LogP contribution in [0, 0.1) is 0 Å². The van der Waals surface area contributed by atoms with E-state index in [0.717, 1.165) is 0 Å². The normalized spacial score (nSPS) is 43.9. The largest absolute Gasteiger partial charge is 0.342 e. The van der Waals surface area contributed by atoms with E-state index in [-0.39, 0.29) is 12.2 Å². The van der Waals surface area contributed by atoms with Crippen molar-refractivity contribution in [2.24, 2.45) is 15.5 Å². The fourth-order valence-corrected chi connectivity index (χ4v) is 3.59. The predicted octanol–water partition coefficient (Wildman–Crippen LogP) is 1.06. The maximum absolute atomic E-state index is 6.59. The van der Waals surface area contributed by atoms with E-state index in [9.17, 15) is 0 Å². The highest BCUT2D eigenvalue weighted by Gasteiger charge is 2.66. The molecule has 4 atom stereocenters. The fraction of sp³-hybridized carbons (Fsp3) is 0.917. The zero-order chi connectivity index (χ0) is 14.1. The molecule has 0 amide bonds. The molecule has 108 valence electrons. The third kappa shape index (κ3) is 2.10. The van der Waals surface area contributed by atoms with E-state index in [4.69, 9.17) is 24.7 Å². The van der Waals surface area contributed by atoms with Gasteiger partial charge in [0, 0.05) is 0 Å². The molecule has 3 aliphatic heterocycles. The average Bonchev–Trinajstić information content (AvgIpc) is 2.75. The molecule has 0 saturated carbocycles. The van der Waals surface area contributed by atoms with E-state index in [1.54, 1.807) is 0 Å². The van der Waals surface area contributed by atoms with E-state index in [0.29, 0.717) is 12.4 Å². The summed E-state index contributed by atoms with van der Waals surface area (Å²) in [5, 5.41) is 0. The number of ether oxygens (including phenoxy) is 3. The summed E-state index contributed by atoms with van der Waals surface area (Å²) in [7, 11) is -1.36. The Bertz CT molecular complexity index is 490. The Hall–Kier alpha value is -0.260. The summed E-state index contributed by atoms with van der Waals surface area (Å²) in [6.07, 6.45) is -0.933. The number of nitrogens with two attached hydrogens (primary N) is 1. The second kappa shape index (κ2) is 3.89. The van der Waals surface area contributed by atoms with Crippen molar-refractivity contribution in [2.45, 2.75) is 43.7 Å². The maximum Gasteiger partial charge on any atom is 0.190 e. The van der Waals surface area contributed by atoms with E-state index in [1.807, 2.05) is 13.8 Å². The molecule has 2 saturated heterocycles. The van der Waals surface area contributed by atoms with Gasteiger partial charge in [0.05, 0.1) is 6.54 Å². The first-order chi connectivity index (χ1) is 8.62. The molecule has 19 heavy (non-hydrogen) atoms. The van der Waals surface area contributed by atoms with E-state index in [2.05, 4.69) is 25.0 Å². The lowest BCUT2D eigenvalue weighted by Gasteiger charge is -2.30. The Labute approximate surface area is 113 Å². The molecule has 2 N–H and O–H groups in total. The van der Waals surface area contributed by atoms with Gasteiger partial charge in [-0.15, -0.1) is 0 Å². The monoisotopic (exact) mass is 287 g/mol. The summed E-state index contributed by atoms with van der Waals surface area (Å²) in [6.45, 7) is 10.7. The van der Waals surface area contributed by atoms with Crippen molar-refractivity contribution in [1.82, 2.24) is 0 Å². The molecule has 0 aromatic carbocycles. The number of aliphatic imine (C=N–C) groups is 1. The van der Waals surface area contributed by atoms with Crippen LogP contribution in [-0.2, 0) is 14.2 Å². The lowest BCUT2D eigenvalue weighted by atomic mass is 9.90. The zero-order valence-electron chi connectivity index (χ0n) is 12.1. The molecule has 3 aliphatic rings. The van der Waals surface area contributed by atoms with Crippen molar-refractivity contribution in [1.29, 1.82) is 0 Å². The molecule has 0 radical (unpaired) electrons. The van der Waals surface area contributed by atoms with Crippen molar-refractivity contribution in [3.8, 4) is 0 Å². The van der Waals surface area contributed by atoms with Crippen LogP contribution in [-0.4, -0.2) is 62.2 Å². The summed E-state index contributed by atoms with van der Waals surface area (Å²) < 4.78 is 22.3. The van der Waals surface area contributed by atoms with Gasteiger partial charge in [0.2, 0.25) is 0 Å². The Morgan fingerprint density at radius 1 is 1.32 bits per heavy atom. The van der Waals surface area contributed by atoms with Gasteiger partial charge < -0.3 is 19.9 Å². The Kier molecular flexibility index (Phi) is 2.81. The smallest absolute Gasteiger partial charge is 0.190 e. The minimum atomic E-state index is -1.36. The van der Waals surface area contributed by atoms with Crippen LogP contribution in [0.3, 0.4) is 0 Å². The minimum Gasteiger partial charge on any atom is -0.342 e. The van der Waals surface area contributed by atoms with Crippen LogP contribution >= 0.6 is 7.05 Å². The molecule has 6 nitrogen and oxygen atoms in total. The summed E-state index contributed by atoms with van der Waals surface area (Å²) >= 11 is 0. The molecular weight excluding hydrogens is 265 g/mol. The van der Waals surface area contributed by atoms with Gasteiger partial charge in [0.15, 0.2) is 12.1 Å². The van der Waals surface area contributed by atoms with Crippen molar-refractivity contribution < 1.29 is 14.2 Å². The van der Waals surface area contributed by atoms with Crippen LogP contribution < -0.4 is 5.73 Å². The Morgan fingerprint density at radius 3 is 2.63 bits per heavy atom. The van der Waals surface area contributed by atoms with Crippen molar-refractivity contribution in [3.63, 3.8) is 0 Å². The predicted molar refractivity (Wildman–Crippen MR) is 75.0 cm³/mol. The number of rotatable bonds is 0. The van der Waals surface area contributed by atoms with E-state index < -0.39 is 24.7 Å². The van der Waals surface area contributed by atoms with Crippen LogP contribution in [0.1, 0.15) is 13.8 Å². The fourth-order valence-electron chi connectivity index (χ4n) is 2.78. The van der Waals surface area contributed by atoms with Crippen LogP contribution in [0.15, 0.2) is 9.74 Å². The third-order valence-corrected chi connectivity index (χ3v) is 4.34. The molecule has 0 aromatic rings. The van der Waals surface area contributed by atoms with Crippen molar-refractivity contribution in [3.05, 3.63) is 0 Å². The van der Waals surface area contributed by atoms with E-state index in [1.165, 1.54) is 0 Å².